The second-order valence-corrected chi connectivity index (χ2v) is 5.15. The Bertz CT molecular complexity index is 606. The number of aryl methyl sites for hydroxylation is 1. The fraction of sp³-hybridized carbons (Fsp3) is 0.333. The van der Waals surface area contributed by atoms with Crippen molar-refractivity contribution in [3.8, 4) is 0 Å². The molecule has 1 aromatic heterocycles. The highest BCUT2D eigenvalue weighted by atomic mass is 16.5. The number of rotatable bonds is 5. The molecule has 0 spiro atoms. The van der Waals surface area contributed by atoms with Crippen LogP contribution in [-0.4, -0.2) is 36.6 Å². The smallest absolute Gasteiger partial charge is 0.240 e. The molecular weight excluding hydrogens is 268 g/mol. The van der Waals surface area contributed by atoms with Gasteiger partial charge in [0.25, 0.3) is 0 Å². The first-order chi connectivity index (χ1) is 9.95. The molecule has 0 saturated carbocycles. The van der Waals surface area contributed by atoms with E-state index in [1.165, 1.54) is 0 Å². The van der Waals surface area contributed by atoms with Gasteiger partial charge >= 0.3 is 0 Å². The molecular formula is C15H20N4O2. The molecule has 0 unspecified atom stereocenters. The maximum atomic E-state index is 12.2. The van der Waals surface area contributed by atoms with E-state index in [1.807, 2.05) is 37.1 Å². The molecule has 0 bridgehead atoms. The quantitative estimate of drug-likeness (QED) is 0.847. The number of carbonyl (C=O) groups excluding carboxylic acids is 1. The summed E-state index contributed by atoms with van der Waals surface area (Å²) in [5.74, 6) is 0.770. The van der Waals surface area contributed by atoms with Gasteiger partial charge in [-0.15, -0.1) is 0 Å². The van der Waals surface area contributed by atoms with Crippen LogP contribution in [0.4, 0.5) is 11.4 Å². The Kier molecular flexibility index (Phi) is 4.59. The van der Waals surface area contributed by atoms with Crippen molar-refractivity contribution in [3.63, 3.8) is 0 Å². The molecule has 6 heteroatoms. The minimum Gasteiger partial charge on any atom is -0.399 e. The molecule has 2 N–H and O–H groups in total. The van der Waals surface area contributed by atoms with Crippen LogP contribution in [0.25, 0.3) is 0 Å². The first kappa shape index (κ1) is 15.1. The van der Waals surface area contributed by atoms with Gasteiger partial charge in [0.15, 0.2) is 0 Å². The third-order valence-corrected chi connectivity index (χ3v) is 3.17. The maximum Gasteiger partial charge on any atom is 0.240 e. The summed E-state index contributed by atoms with van der Waals surface area (Å²) >= 11 is 0. The molecule has 0 saturated heterocycles. The molecule has 112 valence electrons. The second-order valence-electron chi connectivity index (χ2n) is 5.15. The van der Waals surface area contributed by atoms with Crippen molar-refractivity contribution >= 4 is 17.3 Å². The van der Waals surface area contributed by atoms with E-state index in [-0.39, 0.29) is 5.91 Å². The zero-order valence-electron chi connectivity index (χ0n) is 12.5. The molecule has 0 aliphatic heterocycles. The number of likely N-dealkylation sites (N-methyl/N-ethyl adjacent to an activating group) is 2. The highest BCUT2D eigenvalue weighted by Crippen LogP contribution is 2.15. The number of benzene rings is 1. The summed E-state index contributed by atoms with van der Waals surface area (Å²) in [4.78, 5) is 15.8. The van der Waals surface area contributed by atoms with Gasteiger partial charge < -0.3 is 15.2 Å². The van der Waals surface area contributed by atoms with E-state index in [2.05, 4.69) is 5.16 Å². The SMILES string of the molecule is Cc1cc(CN(C)CC(=O)N(C)c2ccc(N)cc2)no1. The van der Waals surface area contributed by atoms with Crippen LogP contribution in [-0.2, 0) is 11.3 Å². The molecule has 0 fully saturated rings. The predicted molar refractivity (Wildman–Crippen MR) is 81.8 cm³/mol. The molecule has 2 aromatic rings. The monoisotopic (exact) mass is 288 g/mol. The highest BCUT2D eigenvalue weighted by Gasteiger charge is 2.14. The number of aromatic nitrogens is 1. The zero-order chi connectivity index (χ0) is 15.4. The van der Waals surface area contributed by atoms with E-state index >= 15 is 0 Å². The lowest BCUT2D eigenvalue weighted by molar-refractivity contribution is -0.119. The van der Waals surface area contributed by atoms with Gasteiger partial charge in [-0.25, -0.2) is 0 Å². The Morgan fingerprint density at radius 2 is 1.95 bits per heavy atom. The fourth-order valence-corrected chi connectivity index (χ4v) is 2.00. The first-order valence-electron chi connectivity index (χ1n) is 6.68. The van der Waals surface area contributed by atoms with E-state index in [0.29, 0.717) is 18.8 Å². The van der Waals surface area contributed by atoms with Gasteiger partial charge in [0, 0.05) is 31.0 Å². The van der Waals surface area contributed by atoms with Gasteiger partial charge in [0.05, 0.1) is 12.2 Å². The Balaban J connectivity index is 1.92. The van der Waals surface area contributed by atoms with Crippen LogP contribution < -0.4 is 10.6 Å². The van der Waals surface area contributed by atoms with Crippen molar-refractivity contribution in [1.29, 1.82) is 0 Å². The van der Waals surface area contributed by atoms with Crippen molar-refractivity contribution < 1.29 is 9.32 Å². The molecule has 0 radical (unpaired) electrons. The fourth-order valence-electron chi connectivity index (χ4n) is 2.00. The Labute approximate surface area is 124 Å². The van der Waals surface area contributed by atoms with Gasteiger partial charge in [-0.3, -0.25) is 9.69 Å². The van der Waals surface area contributed by atoms with Gasteiger partial charge in [0.1, 0.15) is 5.76 Å². The van der Waals surface area contributed by atoms with Crippen LogP contribution in [0, 0.1) is 6.92 Å². The van der Waals surface area contributed by atoms with E-state index in [0.717, 1.165) is 17.1 Å². The van der Waals surface area contributed by atoms with Crippen molar-refractivity contribution in [2.45, 2.75) is 13.5 Å². The number of nitrogens with zero attached hydrogens (tertiary/aromatic N) is 3. The van der Waals surface area contributed by atoms with Gasteiger partial charge in [-0.2, -0.15) is 0 Å². The summed E-state index contributed by atoms with van der Waals surface area (Å²) in [5.41, 5.74) is 7.96. The summed E-state index contributed by atoms with van der Waals surface area (Å²) < 4.78 is 5.01. The third-order valence-electron chi connectivity index (χ3n) is 3.17. The highest BCUT2D eigenvalue weighted by molar-refractivity contribution is 5.94. The third kappa shape index (κ3) is 4.06. The van der Waals surface area contributed by atoms with E-state index in [1.54, 1.807) is 24.1 Å². The number of amides is 1. The number of hydrogen-bond donors (Lipinski definition) is 1. The summed E-state index contributed by atoms with van der Waals surface area (Å²) in [6.07, 6.45) is 0. The number of anilines is 2. The first-order valence-corrected chi connectivity index (χ1v) is 6.68. The normalized spacial score (nSPS) is 10.9. The van der Waals surface area contributed by atoms with Crippen LogP contribution in [0.5, 0.6) is 0 Å². The maximum absolute atomic E-state index is 12.2. The molecule has 1 aromatic carbocycles. The molecule has 1 amide bonds. The van der Waals surface area contributed by atoms with Crippen LogP contribution >= 0.6 is 0 Å². The number of carbonyl (C=O) groups is 1. The average molecular weight is 288 g/mol. The van der Waals surface area contributed by atoms with Crippen LogP contribution in [0.1, 0.15) is 11.5 Å². The topological polar surface area (TPSA) is 75.6 Å². The van der Waals surface area contributed by atoms with E-state index < -0.39 is 0 Å². The molecule has 0 aliphatic carbocycles. The van der Waals surface area contributed by atoms with Crippen molar-refractivity contribution in [1.82, 2.24) is 10.1 Å². The predicted octanol–water partition coefficient (Wildman–Crippen LogP) is 1.66. The largest absolute Gasteiger partial charge is 0.399 e. The van der Waals surface area contributed by atoms with E-state index in [4.69, 9.17) is 10.3 Å². The average Bonchev–Trinajstić information content (AvgIpc) is 2.83. The van der Waals surface area contributed by atoms with Crippen LogP contribution in [0.3, 0.4) is 0 Å². The summed E-state index contributed by atoms with van der Waals surface area (Å²) in [5, 5.41) is 3.92. The Morgan fingerprint density at radius 1 is 1.29 bits per heavy atom. The zero-order valence-corrected chi connectivity index (χ0v) is 12.5. The summed E-state index contributed by atoms with van der Waals surface area (Å²) in [7, 11) is 3.63. The van der Waals surface area contributed by atoms with E-state index in [9.17, 15) is 4.79 Å². The van der Waals surface area contributed by atoms with Crippen LogP contribution in [0.15, 0.2) is 34.9 Å². The molecule has 21 heavy (non-hydrogen) atoms. The second kappa shape index (κ2) is 6.41. The van der Waals surface area contributed by atoms with Gasteiger partial charge in [0.2, 0.25) is 5.91 Å². The van der Waals surface area contributed by atoms with Crippen LogP contribution in [0.2, 0.25) is 0 Å². The summed E-state index contributed by atoms with van der Waals surface area (Å²) in [6.45, 7) is 2.71. The molecule has 6 nitrogen and oxygen atoms in total. The number of nitrogen functional groups attached to an aromatic ring is 1. The molecule has 2 rings (SSSR count). The minimum absolute atomic E-state index is 0.00230. The van der Waals surface area contributed by atoms with Crippen molar-refractivity contribution in [3.05, 3.63) is 41.8 Å². The van der Waals surface area contributed by atoms with Crippen molar-refractivity contribution in [2.75, 3.05) is 31.3 Å². The lowest BCUT2D eigenvalue weighted by Gasteiger charge is -2.21. The standard InChI is InChI=1S/C15H20N4O2/c1-11-8-13(17-21-11)9-18(2)10-15(20)19(3)14-6-4-12(16)5-7-14/h4-8H,9-10,16H2,1-3H3. The number of hydrogen-bond acceptors (Lipinski definition) is 5. The minimum atomic E-state index is 0.00230. The number of nitrogens with two attached hydrogens (primary N) is 1. The molecule has 0 atom stereocenters. The Hall–Kier alpha value is -2.34. The molecule has 1 heterocycles. The van der Waals surface area contributed by atoms with Crippen molar-refractivity contribution in [2.24, 2.45) is 0 Å². The summed E-state index contributed by atoms with van der Waals surface area (Å²) in [6, 6.07) is 9.08. The van der Waals surface area contributed by atoms with Gasteiger partial charge in [-0.1, -0.05) is 5.16 Å². The molecule has 0 aliphatic rings. The van der Waals surface area contributed by atoms with Gasteiger partial charge in [-0.05, 0) is 38.2 Å². The lowest BCUT2D eigenvalue weighted by atomic mass is 10.2. The lowest BCUT2D eigenvalue weighted by Crippen LogP contribution is -2.36. The Morgan fingerprint density at radius 3 is 2.52 bits per heavy atom.